The van der Waals surface area contributed by atoms with Gasteiger partial charge in [-0.1, -0.05) is 24.3 Å². The summed E-state index contributed by atoms with van der Waals surface area (Å²) in [5.74, 6) is -0.838. The van der Waals surface area contributed by atoms with Crippen LogP contribution < -0.4 is 10.1 Å². The number of urea groups is 1. The average molecular weight is 396 g/mol. The quantitative estimate of drug-likeness (QED) is 0.395. The fourth-order valence-corrected chi connectivity index (χ4v) is 2.85. The van der Waals surface area contributed by atoms with Crippen molar-refractivity contribution in [1.29, 1.82) is 0 Å². The molecule has 0 aliphatic carbocycles. The Labute approximate surface area is 161 Å². The van der Waals surface area contributed by atoms with E-state index in [0.717, 1.165) is 0 Å². The lowest BCUT2D eigenvalue weighted by atomic mass is 9.94. The minimum Gasteiger partial charge on any atom is -0.460 e. The van der Waals surface area contributed by atoms with Crippen molar-refractivity contribution in [3.63, 3.8) is 0 Å². The van der Waals surface area contributed by atoms with Gasteiger partial charge in [0, 0.05) is 24.9 Å². The highest BCUT2D eigenvalue weighted by molar-refractivity contribution is 5.95. The summed E-state index contributed by atoms with van der Waals surface area (Å²) in [6.07, 6.45) is 1.51. The summed E-state index contributed by atoms with van der Waals surface area (Å²) in [6, 6.07) is 4.44. The predicted octanol–water partition coefficient (Wildman–Crippen LogP) is 3.00. The number of carbonyl (C=O) groups is 2. The Morgan fingerprint density at radius 2 is 2.07 bits per heavy atom. The van der Waals surface area contributed by atoms with Crippen molar-refractivity contribution in [3.8, 4) is 5.75 Å². The topological polar surface area (TPSA) is 77.1 Å². The van der Waals surface area contributed by atoms with Crippen molar-refractivity contribution in [2.75, 3.05) is 26.9 Å². The van der Waals surface area contributed by atoms with Crippen molar-refractivity contribution in [2.24, 2.45) is 0 Å². The Morgan fingerprint density at radius 1 is 1.36 bits per heavy atom. The first-order valence-corrected chi connectivity index (χ1v) is 8.50. The second kappa shape index (κ2) is 9.84. The Morgan fingerprint density at radius 3 is 2.71 bits per heavy atom. The van der Waals surface area contributed by atoms with Crippen LogP contribution in [-0.4, -0.2) is 50.4 Å². The summed E-state index contributed by atoms with van der Waals surface area (Å²) < 4.78 is 40.2. The second-order valence-electron chi connectivity index (χ2n) is 5.83. The number of amides is 2. The molecule has 152 valence electrons. The van der Waals surface area contributed by atoms with Gasteiger partial charge in [0.1, 0.15) is 12.4 Å². The first kappa shape index (κ1) is 21.4. The van der Waals surface area contributed by atoms with Crippen LogP contribution in [-0.2, 0) is 14.3 Å². The molecule has 0 saturated heterocycles. The molecule has 1 aliphatic rings. The van der Waals surface area contributed by atoms with Crippen LogP contribution in [0.15, 0.2) is 48.2 Å². The molecule has 1 atom stereocenters. The molecule has 0 spiro atoms. The Bertz CT molecular complexity index is 766. The summed E-state index contributed by atoms with van der Waals surface area (Å²) in [6.45, 7) is 2.48. The molecular formula is C19H22F2N2O5. The third-order valence-corrected chi connectivity index (χ3v) is 4.09. The minimum atomic E-state index is -3.06. The molecule has 1 N–H and O–H groups in total. The highest BCUT2D eigenvalue weighted by Gasteiger charge is 2.37. The van der Waals surface area contributed by atoms with Crippen LogP contribution in [0.2, 0.25) is 0 Å². The molecule has 9 heteroatoms. The first-order chi connectivity index (χ1) is 13.4. The monoisotopic (exact) mass is 396 g/mol. The SMILES string of the molecule is C=CCN1C(=O)N[C@@H](c2ccccc2OC(F)F)C(C(=O)OCCOC)=C1C. The molecule has 2 rings (SSSR count). The van der Waals surface area contributed by atoms with E-state index in [2.05, 4.69) is 16.6 Å². The third-order valence-electron chi connectivity index (χ3n) is 4.09. The fraction of sp³-hybridized carbons (Fsp3) is 0.368. The van der Waals surface area contributed by atoms with Gasteiger partial charge >= 0.3 is 18.6 Å². The third kappa shape index (κ3) is 4.86. The summed E-state index contributed by atoms with van der Waals surface area (Å²) >= 11 is 0. The molecule has 1 aromatic rings. The van der Waals surface area contributed by atoms with Crippen molar-refractivity contribution < 1.29 is 32.6 Å². The molecule has 7 nitrogen and oxygen atoms in total. The molecule has 1 aromatic carbocycles. The van der Waals surface area contributed by atoms with Crippen LogP contribution in [0.5, 0.6) is 5.75 Å². The lowest BCUT2D eigenvalue weighted by molar-refractivity contribution is -0.140. The summed E-state index contributed by atoms with van der Waals surface area (Å²) in [7, 11) is 1.46. The zero-order valence-electron chi connectivity index (χ0n) is 15.6. The van der Waals surface area contributed by atoms with Crippen LogP contribution in [0.3, 0.4) is 0 Å². The zero-order chi connectivity index (χ0) is 20.7. The van der Waals surface area contributed by atoms with Crippen molar-refractivity contribution in [1.82, 2.24) is 10.2 Å². The van der Waals surface area contributed by atoms with E-state index in [1.807, 2.05) is 0 Å². The molecule has 0 bridgehead atoms. The lowest BCUT2D eigenvalue weighted by Crippen LogP contribution is -2.48. The van der Waals surface area contributed by atoms with E-state index in [0.29, 0.717) is 5.70 Å². The molecule has 2 amide bonds. The number of halogens is 2. The number of para-hydroxylation sites is 1. The van der Waals surface area contributed by atoms with E-state index in [1.54, 1.807) is 13.0 Å². The van der Waals surface area contributed by atoms with E-state index in [4.69, 9.17) is 9.47 Å². The Hall–Kier alpha value is -2.94. The van der Waals surface area contributed by atoms with Gasteiger partial charge in [-0.15, -0.1) is 6.58 Å². The molecule has 1 heterocycles. The van der Waals surface area contributed by atoms with Gasteiger partial charge in [0.15, 0.2) is 0 Å². The van der Waals surface area contributed by atoms with Crippen molar-refractivity contribution >= 4 is 12.0 Å². The zero-order valence-corrected chi connectivity index (χ0v) is 15.6. The number of carbonyl (C=O) groups excluding carboxylic acids is 2. The smallest absolute Gasteiger partial charge is 0.387 e. The number of hydrogen-bond acceptors (Lipinski definition) is 5. The first-order valence-electron chi connectivity index (χ1n) is 8.50. The minimum absolute atomic E-state index is 0.00339. The molecule has 1 aliphatic heterocycles. The number of nitrogens with zero attached hydrogens (tertiary/aromatic N) is 1. The molecule has 0 saturated carbocycles. The summed E-state index contributed by atoms with van der Waals surface area (Å²) in [4.78, 5) is 26.6. The maximum absolute atomic E-state index is 12.8. The van der Waals surface area contributed by atoms with Gasteiger partial charge in [-0.2, -0.15) is 8.78 Å². The van der Waals surface area contributed by atoms with E-state index < -0.39 is 24.7 Å². The normalized spacial score (nSPS) is 16.8. The standard InChI is InChI=1S/C19H22F2N2O5/c1-4-9-23-12(2)15(17(24)27-11-10-26-3)16(22-19(23)25)13-7-5-6-8-14(13)28-18(20)21/h4-8,16,18H,1,9-11H2,2-3H3,(H,22,25)/t16-/m0/s1. The number of esters is 1. The average Bonchev–Trinajstić information content (AvgIpc) is 2.64. The molecule has 28 heavy (non-hydrogen) atoms. The number of alkyl halides is 2. The molecule has 0 unspecified atom stereocenters. The van der Waals surface area contributed by atoms with E-state index in [9.17, 15) is 18.4 Å². The number of hydrogen-bond donors (Lipinski definition) is 1. The highest BCUT2D eigenvalue weighted by atomic mass is 19.3. The fourth-order valence-electron chi connectivity index (χ4n) is 2.85. The van der Waals surface area contributed by atoms with E-state index >= 15 is 0 Å². The maximum atomic E-state index is 12.8. The van der Waals surface area contributed by atoms with Crippen LogP contribution >= 0.6 is 0 Å². The van der Waals surface area contributed by atoms with Crippen LogP contribution in [0, 0.1) is 0 Å². The van der Waals surface area contributed by atoms with Crippen molar-refractivity contribution in [2.45, 2.75) is 19.6 Å². The number of methoxy groups -OCH3 is 1. The van der Waals surface area contributed by atoms with E-state index in [-0.39, 0.29) is 36.6 Å². The summed E-state index contributed by atoms with van der Waals surface area (Å²) in [5, 5.41) is 2.66. The van der Waals surface area contributed by atoms with Gasteiger partial charge in [0.05, 0.1) is 18.2 Å². The number of nitrogens with one attached hydrogen (secondary N) is 1. The van der Waals surface area contributed by atoms with E-state index in [1.165, 1.54) is 36.3 Å². The molecule has 0 radical (unpaired) electrons. The number of benzene rings is 1. The van der Waals surface area contributed by atoms with Gasteiger partial charge < -0.3 is 19.5 Å². The number of allylic oxidation sites excluding steroid dienone is 1. The molecular weight excluding hydrogens is 374 g/mol. The second-order valence-corrected chi connectivity index (χ2v) is 5.83. The molecule has 0 fully saturated rings. The predicted molar refractivity (Wildman–Crippen MR) is 96.8 cm³/mol. The van der Waals surface area contributed by atoms with Gasteiger partial charge in [-0.25, -0.2) is 9.59 Å². The van der Waals surface area contributed by atoms with Crippen LogP contribution in [0.1, 0.15) is 18.5 Å². The maximum Gasteiger partial charge on any atom is 0.387 e. The Balaban J connectivity index is 2.50. The highest BCUT2D eigenvalue weighted by Crippen LogP contribution is 2.36. The van der Waals surface area contributed by atoms with Gasteiger partial charge in [0.2, 0.25) is 0 Å². The van der Waals surface area contributed by atoms with Crippen LogP contribution in [0.25, 0.3) is 0 Å². The number of rotatable bonds is 9. The van der Waals surface area contributed by atoms with Gasteiger partial charge in [0.25, 0.3) is 0 Å². The lowest BCUT2D eigenvalue weighted by Gasteiger charge is -2.35. The number of ether oxygens (including phenoxy) is 3. The Kier molecular flexibility index (Phi) is 7.51. The molecule has 0 aromatic heterocycles. The van der Waals surface area contributed by atoms with Crippen molar-refractivity contribution in [3.05, 3.63) is 53.8 Å². The summed E-state index contributed by atoms with van der Waals surface area (Å²) in [5.41, 5.74) is 0.665. The largest absolute Gasteiger partial charge is 0.460 e. The van der Waals surface area contributed by atoms with Gasteiger partial charge in [-0.3, -0.25) is 4.90 Å². The van der Waals surface area contributed by atoms with Gasteiger partial charge in [-0.05, 0) is 13.0 Å². The van der Waals surface area contributed by atoms with Crippen LogP contribution in [0.4, 0.5) is 13.6 Å².